The number of ether oxygens (including phenoxy) is 1. The quantitative estimate of drug-likeness (QED) is 0.557. The first-order chi connectivity index (χ1) is 14.1. The Morgan fingerprint density at radius 3 is 2.83 bits per heavy atom. The van der Waals surface area contributed by atoms with Crippen LogP contribution in [0.25, 0.3) is 17.0 Å². The lowest BCUT2D eigenvalue weighted by molar-refractivity contribution is -0.122. The molecule has 7 heteroatoms. The first-order valence-corrected chi connectivity index (χ1v) is 10.0. The Hall–Kier alpha value is -3.11. The van der Waals surface area contributed by atoms with Crippen LogP contribution in [0, 0.1) is 11.3 Å². The van der Waals surface area contributed by atoms with Crippen molar-refractivity contribution in [1.29, 1.82) is 5.26 Å². The molecule has 2 amide bonds. The summed E-state index contributed by atoms with van der Waals surface area (Å²) in [6.45, 7) is 1.44. The first-order valence-electron chi connectivity index (χ1n) is 10.0. The molecule has 29 heavy (non-hydrogen) atoms. The van der Waals surface area contributed by atoms with E-state index in [1.165, 1.54) is 0 Å². The van der Waals surface area contributed by atoms with E-state index in [9.17, 15) is 14.9 Å². The molecule has 2 N–H and O–H groups in total. The zero-order valence-electron chi connectivity index (χ0n) is 16.2. The summed E-state index contributed by atoms with van der Waals surface area (Å²) in [6.07, 6.45) is 7.45. The number of nitriles is 1. The van der Waals surface area contributed by atoms with Crippen LogP contribution >= 0.6 is 0 Å². The minimum atomic E-state index is -0.346. The normalized spacial score (nSPS) is 19.1. The van der Waals surface area contributed by atoms with Crippen molar-refractivity contribution in [3.8, 4) is 6.07 Å². The molecule has 1 aromatic carbocycles. The fourth-order valence-electron chi connectivity index (χ4n) is 3.56. The Labute approximate surface area is 169 Å². The Bertz CT molecular complexity index is 991. The summed E-state index contributed by atoms with van der Waals surface area (Å²) < 4.78 is 7.39. The van der Waals surface area contributed by atoms with Gasteiger partial charge in [-0.05, 0) is 37.8 Å². The van der Waals surface area contributed by atoms with Gasteiger partial charge in [0.25, 0.3) is 5.91 Å². The predicted molar refractivity (Wildman–Crippen MR) is 109 cm³/mol. The number of nitrogens with one attached hydrogen (secondary N) is 2. The van der Waals surface area contributed by atoms with Gasteiger partial charge in [-0.2, -0.15) is 5.26 Å². The maximum absolute atomic E-state index is 12.4. The topological polar surface area (TPSA) is 96.2 Å². The molecular formula is C22H24N4O3. The number of hydrogen-bond donors (Lipinski definition) is 2. The van der Waals surface area contributed by atoms with E-state index in [0.29, 0.717) is 6.54 Å². The van der Waals surface area contributed by atoms with Gasteiger partial charge in [-0.25, -0.2) is 0 Å². The molecular weight excluding hydrogens is 368 g/mol. The largest absolute Gasteiger partial charge is 0.376 e. The van der Waals surface area contributed by atoms with Crippen LogP contribution in [0.4, 0.5) is 0 Å². The molecule has 4 rings (SSSR count). The second-order valence-electron chi connectivity index (χ2n) is 7.59. The van der Waals surface area contributed by atoms with Crippen molar-refractivity contribution in [2.45, 2.75) is 44.4 Å². The van der Waals surface area contributed by atoms with Crippen molar-refractivity contribution in [2.75, 3.05) is 13.2 Å². The lowest BCUT2D eigenvalue weighted by atomic mass is 10.1. The second kappa shape index (κ2) is 8.50. The highest BCUT2D eigenvalue weighted by Crippen LogP contribution is 2.24. The zero-order chi connectivity index (χ0) is 20.2. The number of carbonyl (C=O) groups is 2. The van der Waals surface area contributed by atoms with Gasteiger partial charge < -0.3 is 19.9 Å². The van der Waals surface area contributed by atoms with Crippen molar-refractivity contribution in [1.82, 2.24) is 15.2 Å². The monoisotopic (exact) mass is 392 g/mol. The number of fused-ring (bicyclic) bond motifs is 1. The van der Waals surface area contributed by atoms with Crippen LogP contribution in [-0.2, 0) is 20.9 Å². The number of para-hydroxylation sites is 1. The molecule has 2 fully saturated rings. The van der Waals surface area contributed by atoms with E-state index in [4.69, 9.17) is 4.74 Å². The van der Waals surface area contributed by atoms with Crippen LogP contribution in [-0.4, -0.2) is 41.7 Å². The van der Waals surface area contributed by atoms with Crippen LogP contribution in [0.5, 0.6) is 0 Å². The third kappa shape index (κ3) is 4.66. The van der Waals surface area contributed by atoms with Gasteiger partial charge in [-0.1, -0.05) is 18.2 Å². The SMILES string of the molecule is N#C/C(=C\c1cn(CC(=O)NCC2CCCO2)c2ccccc12)C(=O)NC1CC1. The summed E-state index contributed by atoms with van der Waals surface area (Å²) >= 11 is 0. The molecule has 1 aliphatic heterocycles. The average Bonchev–Trinajstić information content (AvgIpc) is 3.26. The van der Waals surface area contributed by atoms with Crippen LogP contribution < -0.4 is 10.6 Å². The summed E-state index contributed by atoms with van der Waals surface area (Å²) in [5, 5.41) is 16.1. The van der Waals surface area contributed by atoms with E-state index >= 15 is 0 Å². The molecule has 1 unspecified atom stereocenters. The summed E-state index contributed by atoms with van der Waals surface area (Å²) in [4.78, 5) is 24.7. The fourth-order valence-corrected chi connectivity index (χ4v) is 3.56. The van der Waals surface area contributed by atoms with Gasteiger partial charge in [0, 0.05) is 41.9 Å². The zero-order valence-corrected chi connectivity index (χ0v) is 16.2. The summed E-state index contributed by atoms with van der Waals surface area (Å²) in [5.74, 6) is -0.440. The van der Waals surface area contributed by atoms with Gasteiger partial charge in [0.15, 0.2) is 0 Å². The summed E-state index contributed by atoms with van der Waals surface area (Å²) in [6, 6.07) is 9.84. The standard InChI is InChI=1S/C22H24N4O3/c23-11-15(22(28)25-17-7-8-17)10-16-13-26(20-6-2-1-5-19(16)20)14-21(27)24-12-18-4-3-9-29-18/h1-2,5-6,10,13,17-18H,3-4,7-9,12,14H2,(H,24,27)(H,25,28)/b15-10+. The van der Waals surface area contributed by atoms with Crippen molar-refractivity contribution in [2.24, 2.45) is 0 Å². The van der Waals surface area contributed by atoms with Crippen molar-refractivity contribution >= 4 is 28.8 Å². The van der Waals surface area contributed by atoms with Crippen LogP contribution in [0.15, 0.2) is 36.0 Å². The second-order valence-corrected chi connectivity index (χ2v) is 7.59. The van der Waals surface area contributed by atoms with Gasteiger partial charge in [-0.3, -0.25) is 9.59 Å². The highest BCUT2D eigenvalue weighted by molar-refractivity contribution is 6.04. The van der Waals surface area contributed by atoms with Crippen molar-refractivity contribution in [3.05, 3.63) is 41.6 Å². The van der Waals surface area contributed by atoms with E-state index in [-0.39, 0.29) is 36.1 Å². The highest BCUT2D eigenvalue weighted by Gasteiger charge is 2.25. The van der Waals surface area contributed by atoms with E-state index in [2.05, 4.69) is 10.6 Å². The third-order valence-electron chi connectivity index (χ3n) is 5.26. The molecule has 2 heterocycles. The Kier molecular flexibility index (Phi) is 5.63. The van der Waals surface area contributed by atoms with Gasteiger partial charge in [-0.15, -0.1) is 0 Å². The first kappa shape index (κ1) is 19.2. The minimum Gasteiger partial charge on any atom is -0.376 e. The maximum atomic E-state index is 12.4. The number of nitrogens with zero attached hydrogens (tertiary/aromatic N) is 2. The molecule has 150 valence electrons. The minimum absolute atomic E-state index is 0.0719. The van der Waals surface area contributed by atoms with E-state index in [0.717, 1.165) is 48.8 Å². The molecule has 1 aromatic heterocycles. The number of benzene rings is 1. The lowest BCUT2D eigenvalue weighted by Gasteiger charge is -2.11. The molecule has 0 radical (unpaired) electrons. The smallest absolute Gasteiger partial charge is 0.262 e. The maximum Gasteiger partial charge on any atom is 0.262 e. The number of aromatic nitrogens is 1. The summed E-state index contributed by atoms with van der Waals surface area (Å²) in [7, 11) is 0. The number of carbonyl (C=O) groups excluding carboxylic acids is 2. The number of hydrogen-bond acceptors (Lipinski definition) is 4. The average molecular weight is 392 g/mol. The van der Waals surface area contributed by atoms with E-state index < -0.39 is 0 Å². The summed E-state index contributed by atoms with van der Waals surface area (Å²) in [5.41, 5.74) is 1.70. The fraction of sp³-hybridized carbons (Fsp3) is 0.409. The highest BCUT2D eigenvalue weighted by atomic mass is 16.5. The number of rotatable bonds is 7. The van der Waals surface area contributed by atoms with E-state index in [1.807, 2.05) is 41.1 Å². The van der Waals surface area contributed by atoms with Crippen LogP contribution in [0.3, 0.4) is 0 Å². The molecule has 0 bridgehead atoms. The molecule has 1 saturated heterocycles. The Morgan fingerprint density at radius 2 is 2.10 bits per heavy atom. The predicted octanol–water partition coefficient (Wildman–Crippen LogP) is 2.12. The molecule has 1 atom stereocenters. The molecule has 0 spiro atoms. The van der Waals surface area contributed by atoms with Gasteiger partial charge in [0.05, 0.1) is 6.10 Å². The molecule has 1 saturated carbocycles. The van der Waals surface area contributed by atoms with Crippen molar-refractivity contribution in [3.63, 3.8) is 0 Å². The van der Waals surface area contributed by atoms with Gasteiger partial charge >= 0.3 is 0 Å². The molecule has 2 aromatic rings. The molecule has 2 aliphatic rings. The van der Waals surface area contributed by atoms with Crippen LogP contribution in [0.1, 0.15) is 31.2 Å². The lowest BCUT2D eigenvalue weighted by Crippen LogP contribution is -2.34. The molecule has 7 nitrogen and oxygen atoms in total. The number of amides is 2. The van der Waals surface area contributed by atoms with Gasteiger partial charge in [0.2, 0.25) is 5.91 Å². The van der Waals surface area contributed by atoms with Gasteiger partial charge in [0.1, 0.15) is 18.2 Å². The van der Waals surface area contributed by atoms with E-state index in [1.54, 1.807) is 6.08 Å². The Morgan fingerprint density at radius 1 is 1.28 bits per heavy atom. The third-order valence-corrected chi connectivity index (χ3v) is 5.26. The van der Waals surface area contributed by atoms with Crippen molar-refractivity contribution < 1.29 is 14.3 Å². The Balaban J connectivity index is 1.52. The van der Waals surface area contributed by atoms with Crippen LogP contribution in [0.2, 0.25) is 0 Å². The molecule has 1 aliphatic carbocycles.